The molecule has 1 aliphatic heterocycles. The monoisotopic (exact) mass is 402 g/mol. The van der Waals surface area contributed by atoms with E-state index >= 15 is 0 Å². The first kappa shape index (κ1) is 18.3. The molecule has 0 N–H and O–H groups in total. The predicted molar refractivity (Wildman–Crippen MR) is 112 cm³/mol. The van der Waals surface area contributed by atoms with Crippen molar-refractivity contribution in [2.75, 3.05) is 38.1 Å². The number of alkyl halides is 1. The van der Waals surface area contributed by atoms with E-state index in [1.54, 1.807) is 16.7 Å². The Kier molecular flexibility index (Phi) is 5.08. The Morgan fingerprint density at radius 3 is 2.41 bits per heavy atom. The first-order chi connectivity index (χ1) is 13.1. The maximum absolute atomic E-state index is 13.5. The Bertz CT molecular complexity index is 1020. The first-order valence-corrected chi connectivity index (χ1v) is 9.80. The van der Waals surface area contributed by atoms with Gasteiger partial charge in [0.15, 0.2) is 0 Å². The van der Waals surface area contributed by atoms with Crippen LogP contribution in [0.5, 0.6) is 0 Å². The molecule has 3 aromatic rings. The second-order valence-corrected chi connectivity index (χ2v) is 7.44. The number of aromatic nitrogens is 2. The van der Waals surface area contributed by atoms with Gasteiger partial charge >= 0.3 is 0 Å². The molecule has 0 aliphatic carbocycles. The van der Waals surface area contributed by atoms with Gasteiger partial charge in [-0.15, -0.1) is 11.6 Å². The number of anilines is 1. The number of nitrogens with zero attached hydrogens (tertiary/aromatic N) is 4. The van der Waals surface area contributed by atoms with E-state index in [0.717, 1.165) is 31.9 Å². The molecular formula is C20H20Cl2N4O. The maximum Gasteiger partial charge on any atom is 0.268 e. The highest BCUT2D eigenvalue weighted by Gasteiger charge is 2.20. The highest BCUT2D eigenvalue weighted by atomic mass is 35.5. The lowest BCUT2D eigenvalue weighted by atomic mass is 10.1. The molecule has 2 heterocycles. The van der Waals surface area contributed by atoms with Gasteiger partial charge in [0.1, 0.15) is 5.82 Å². The number of piperazine rings is 1. The summed E-state index contributed by atoms with van der Waals surface area (Å²) in [5.74, 6) is 0.666. The van der Waals surface area contributed by atoms with Gasteiger partial charge in [-0.3, -0.25) is 9.36 Å². The fourth-order valence-corrected chi connectivity index (χ4v) is 3.82. The molecule has 1 saturated heterocycles. The van der Waals surface area contributed by atoms with Gasteiger partial charge < -0.3 is 9.80 Å². The molecule has 1 fully saturated rings. The summed E-state index contributed by atoms with van der Waals surface area (Å²) in [5.41, 5.74) is 2.22. The van der Waals surface area contributed by atoms with Crippen LogP contribution in [0.1, 0.15) is 5.82 Å². The lowest BCUT2D eigenvalue weighted by Crippen LogP contribution is -2.45. The Hall–Kier alpha value is -2.08. The number of hydrogen-bond acceptors (Lipinski definition) is 4. The third-order valence-corrected chi connectivity index (χ3v) is 5.48. The summed E-state index contributed by atoms with van der Waals surface area (Å²) in [7, 11) is 2.11. The molecule has 0 unspecified atom stereocenters. The van der Waals surface area contributed by atoms with E-state index in [1.165, 1.54) is 0 Å². The molecule has 0 radical (unpaired) electrons. The van der Waals surface area contributed by atoms with Crippen LogP contribution in [0.4, 0.5) is 5.69 Å². The van der Waals surface area contributed by atoms with E-state index in [2.05, 4.69) is 21.8 Å². The van der Waals surface area contributed by atoms with Crippen LogP contribution in [0.2, 0.25) is 5.02 Å². The van der Waals surface area contributed by atoms with E-state index in [-0.39, 0.29) is 11.4 Å². The minimum absolute atomic E-state index is 0.104. The van der Waals surface area contributed by atoms with Crippen molar-refractivity contribution in [3.05, 3.63) is 63.7 Å². The number of rotatable bonds is 3. The summed E-state index contributed by atoms with van der Waals surface area (Å²) in [6, 6.07) is 13.0. The molecular weight excluding hydrogens is 383 g/mol. The highest BCUT2D eigenvalue weighted by molar-refractivity contribution is 6.30. The van der Waals surface area contributed by atoms with Crippen LogP contribution in [0.25, 0.3) is 16.6 Å². The molecule has 0 saturated carbocycles. The fraction of sp³-hybridized carbons (Fsp3) is 0.300. The second kappa shape index (κ2) is 7.50. The fourth-order valence-electron chi connectivity index (χ4n) is 3.52. The topological polar surface area (TPSA) is 41.4 Å². The lowest BCUT2D eigenvalue weighted by Gasteiger charge is -2.34. The highest BCUT2D eigenvalue weighted by Crippen LogP contribution is 2.25. The number of benzene rings is 2. The van der Waals surface area contributed by atoms with Crippen LogP contribution in [-0.2, 0) is 5.88 Å². The third-order valence-electron chi connectivity index (χ3n) is 4.99. The zero-order valence-corrected chi connectivity index (χ0v) is 16.5. The van der Waals surface area contributed by atoms with E-state index in [4.69, 9.17) is 23.2 Å². The van der Waals surface area contributed by atoms with Crippen LogP contribution < -0.4 is 10.5 Å². The van der Waals surface area contributed by atoms with Crippen molar-refractivity contribution in [3.63, 3.8) is 0 Å². The minimum atomic E-state index is -0.104. The molecule has 0 atom stereocenters. The molecule has 1 aliphatic rings. The van der Waals surface area contributed by atoms with Gasteiger partial charge in [-0.2, -0.15) is 0 Å². The van der Waals surface area contributed by atoms with Crippen molar-refractivity contribution in [2.24, 2.45) is 0 Å². The third kappa shape index (κ3) is 3.43. The molecule has 1 aromatic heterocycles. The van der Waals surface area contributed by atoms with Gasteiger partial charge in [-0.1, -0.05) is 17.7 Å². The molecule has 5 nitrogen and oxygen atoms in total. The van der Waals surface area contributed by atoms with Crippen molar-refractivity contribution in [3.8, 4) is 5.69 Å². The Morgan fingerprint density at radius 2 is 1.74 bits per heavy atom. The van der Waals surface area contributed by atoms with Gasteiger partial charge in [-0.05, 0) is 43.4 Å². The molecule has 4 rings (SSSR count). The first-order valence-electron chi connectivity index (χ1n) is 8.88. The van der Waals surface area contributed by atoms with Crippen molar-refractivity contribution in [2.45, 2.75) is 5.88 Å². The molecule has 7 heteroatoms. The van der Waals surface area contributed by atoms with Gasteiger partial charge in [0.25, 0.3) is 5.56 Å². The molecule has 0 amide bonds. The van der Waals surface area contributed by atoms with Crippen molar-refractivity contribution < 1.29 is 0 Å². The average molecular weight is 403 g/mol. The van der Waals surface area contributed by atoms with Crippen molar-refractivity contribution in [1.29, 1.82) is 0 Å². The molecule has 27 heavy (non-hydrogen) atoms. The molecule has 0 spiro atoms. The summed E-state index contributed by atoms with van der Waals surface area (Å²) in [5, 5.41) is 1.25. The molecule has 140 valence electrons. The number of likely N-dealkylation sites (N-methyl/N-ethyl adjacent to an activating group) is 1. The van der Waals surface area contributed by atoms with Gasteiger partial charge in [0.2, 0.25) is 0 Å². The zero-order chi connectivity index (χ0) is 19.0. The maximum atomic E-state index is 13.5. The van der Waals surface area contributed by atoms with Crippen LogP contribution in [0, 0.1) is 0 Å². The smallest absolute Gasteiger partial charge is 0.268 e. The number of halogens is 2. The summed E-state index contributed by atoms with van der Waals surface area (Å²) in [6.45, 7) is 3.70. The Morgan fingerprint density at radius 1 is 1.04 bits per heavy atom. The van der Waals surface area contributed by atoms with Gasteiger partial charge in [-0.25, -0.2) is 4.98 Å². The van der Waals surface area contributed by atoms with Crippen LogP contribution >= 0.6 is 23.2 Å². The van der Waals surface area contributed by atoms with Gasteiger partial charge in [0.05, 0.1) is 28.2 Å². The quantitative estimate of drug-likeness (QED) is 0.628. The largest absolute Gasteiger partial charge is 0.368 e. The summed E-state index contributed by atoms with van der Waals surface area (Å²) in [4.78, 5) is 22.8. The Labute approximate surface area is 167 Å². The van der Waals surface area contributed by atoms with E-state index in [9.17, 15) is 4.79 Å². The predicted octanol–water partition coefficient (Wildman–Crippen LogP) is 3.53. The van der Waals surface area contributed by atoms with E-state index in [1.807, 2.05) is 30.3 Å². The molecule has 0 bridgehead atoms. The van der Waals surface area contributed by atoms with Gasteiger partial charge in [0, 0.05) is 31.2 Å². The summed E-state index contributed by atoms with van der Waals surface area (Å²) in [6.07, 6.45) is 0. The van der Waals surface area contributed by atoms with Crippen molar-refractivity contribution >= 4 is 39.8 Å². The standard InChI is InChI=1S/C20H20Cl2N4O/c1-24-9-11-25(12-10-24)17-4-2-3-16-19(17)20(27)26(18(13-21)23-16)15-7-5-14(22)6-8-15/h2-8H,9-13H2,1H3. The minimum Gasteiger partial charge on any atom is -0.368 e. The van der Waals surface area contributed by atoms with Crippen LogP contribution in [0.3, 0.4) is 0 Å². The summed E-state index contributed by atoms with van der Waals surface area (Å²) >= 11 is 12.1. The van der Waals surface area contributed by atoms with Crippen LogP contribution in [-0.4, -0.2) is 47.7 Å². The van der Waals surface area contributed by atoms with E-state index in [0.29, 0.717) is 27.4 Å². The Balaban J connectivity index is 1.94. The van der Waals surface area contributed by atoms with Crippen LogP contribution in [0.15, 0.2) is 47.3 Å². The van der Waals surface area contributed by atoms with Crippen molar-refractivity contribution in [1.82, 2.24) is 14.5 Å². The normalized spacial score (nSPS) is 15.4. The second-order valence-electron chi connectivity index (χ2n) is 6.74. The lowest BCUT2D eigenvalue weighted by molar-refractivity contribution is 0.313. The zero-order valence-electron chi connectivity index (χ0n) is 15.0. The average Bonchev–Trinajstić information content (AvgIpc) is 2.69. The SMILES string of the molecule is CN1CCN(c2cccc3nc(CCl)n(-c4ccc(Cl)cc4)c(=O)c23)CC1. The number of fused-ring (bicyclic) bond motifs is 1. The molecule has 2 aromatic carbocycles. The summed E-state index contributed by atoms with van der Waals surface area (Å²) < 4.78 is 1.59. The number of hydrogen-bond donors (Lipinski definition) is 0. The van der Waals surface area contributed by atoms with E-state index < -0.39 is 0 Å².